The molecular formula is C11H14N4OS. The standard InChI is InChI=1S/C11H14N4OS/c1-3-16-10-4-9(13-7-14-10)12-5-11-15-8(2)6-17-11/h4,6-7H,3,5H2,1-2H3,(H,12,13,14). The second-order valence-electron chi connectivity index (χ2n) is 3.41. The maximum Gasteiger partial charge on any atom is 0.218 e. The van der Waals surface area contributed by atoms with Crippen LogP contribution in [0.5, 0.6) is 5.88 Å². The van der Waals surface area contributed by atoms with Gasteiger partial charge in [-0.15, -0.1) is 11.3 Å². The normalized spacial score (nSPS) is 10.2. The van der Waals surface area contributed by atoms with Crippen molar-refractivity contribution < 1.29 is 4.74 Å². The number of anilines is 1. The van der Waals surface area contributed by atoms with Gasteiger partial charge in [-0.1, -0.05) is 0 Å². The van der Waals surface area contributed by atoms with Crippen molar-refractivity contribution in [2.45, 2.75) is 20.4 Å². The largest absolute Gasteiger partial charge is 0.478 e. The third-order valence-electron chi connectivity index (χ3n) is 2.02. The summed E-state index contributed by atoms with van der Waals surface area (Å²) in [6, 6.07) is 1.78. The van der Waals surface area contributed by atoms with Crippen LogP contribution in [0.4, 0.5) is 5.82 Å². The SMILES string of the molecule is CCOc1cc(NCc2nc(C)cs2)ncn1. The summed E-state index contributed by atoms with van der Waals surface area (Å²) in [5, 5.41) is 6.26. The van der Waals surface area contributed by atoms with Crippen LogP contribution in [0.3, 0.4) is 0 Å². The van der Waals surface area contributed by atoms with E-state index in [2.05, 4.69) is 20.3 Å². The van der Waals surface area contributed by atoms with Crippen LogP contribution in [0.15, 0.2) is 17.8 Å². The van der Waals surface area contributed by atoms with Crippen LogP contribution >= 0.6 is 11.3 Å². The third kappa shape index (κ3) is 3.39. The first-order chi connectivity index (χ1) is 8.28. The first-order valence-corrected chi connectivity index (χ1v) is 6.25. The zero-order chi connectivity index (χ0) is 12.1. The Morgan fingerprint density at radius 2 is 2.29 bits per heavy atom. The van der Waals surface area contributed by atoms with E-state index in [-0.39, 0.29) is 0 Å². The Morgan fingerprint density at radius 3 is 3.00 bits per heavy atom. The van der Waals surface area contributed by atoms with E-state index in [9.17, 15) is 0 Å². The average molecular weight is 250 g/mol. The van der Waals surface area contributed by atoms with E-state index in [1.807, 2.05) is 19.2 Å². The quantitative estimate of drug-likeness (QED) is 0.882. The van der Waals surface area contributed by atoms with E-state index in [1.165, 1.54) is 6.33 Å². The average Bonchev–Trinajstić information content (AvgIpc) is 2.74. The van der Waals surface area contributed by atoms with Crippen molar-refractivity contribution in [3.8, 4) is 5.88 Å². The van der Waals surface area contributed by atoms with Gasteiger partial charge in [-0.05, 0) is 13.8 Å². The number of thiazole rings is 1. The number of nitrogens with one attached hydrogen (secondary N) is 1. The van der Waals surface area contributed by atoms with Gasteiger partial charge < -0.3 is 10.1 Å². The number of ether oxygens (including phenoxy) is 1. The molecule has 0 aliphatic rings. The molecule has 2 rings (SSSR count). The molecule has 0 saturated carbocycles. The molecule has 0 aliphatic carbocycles. The summed E-state index contributed by atoms with van der Waals surface area (Å²) in [6.07, 6.45) is 1.49. The first kappa shape index (κ1) is 11.8. The van der Waals surface area contributed by atoms with Crippen LogP contribution in [-0.2, 0) is 6.54 Å². The van der Waals surface area contributed by atoms with Crippen molar-refractivity contribution in [2.75, 3.05) is 11.9 Å². The van der Waals surface area contributed by atoms with Crippen LogP contribution in [0.1, 0.15) is 17.6 Å². The van der Waals surface area contributed by atoms with Crippen LogP contribution < -0.4 is 10.1 Å². The Balaban J connectivity index is 1.96. The number of rotatable bonds is 5. The minimum atomic E-state index is 0.584. The summed E-state index contributed by atoms with van der Waals surface area (Å²) in [4.78, 5) is 12.5. The van der Waals surface area contributed by atoms with E-state index < -0.39 is 0 Å². The maximum atomic E-state index is 5.30. The first-order valence-electron chi connectivity index (χ1n) is 5.37. The minimum Gasteiger partial charge on any atom is -0.478 e. The van der Waals surface area contributed by atoms with E-state index in [1.54, 1.807) is 17.4 Å². The number of hydrogen-bond donors (Lipinski definition) is 1. The summed E-state index contributed by atoms with van der Waals surface area (Å²) >= 11 is 1.63. The van der Waals surface area contributed by atoms with Crippen molar-refractivity contribution in [3.05, 3.63) is 28.5 Å². The smallest absolute Gasteiger partial charge is 0.218 e. The molecule has 0 unspecified atom stereocenters. The van der Waals surface area contributed by atoms with Crippen molar-refractivity contribution >= 4 is 17.2 Å². The number of aryl methyl sites for hydroxylation is 1. The summed E-state index contributed by atoms with van der Waals surface area (Å²) in [5.74, 6) is 1.33. The monoisotopic (exact) mass is 250 g/mol. The predicted octanol–water partition coefficient (Wildman–Crippen LogP) is 2.25. The molecule has 2 heterocycles. The van der Waals surface area contributed by atoms with Gasteiger partial charge in [0, 0.05) is 17.1 Å². The van der Waals surface area contributed by atoms with Gasteiger partial charge in [0.15, 0.2) is 0 Å². The molecule has 0 fully saturated rings. The lowest BCUT2D eigenvalue weighted by Gasteiger charge is -2.05. The fourth-order valence-corrected chi connectivity index (χ4v) is 2.02. The van der Waals surface area contributed by atoms with Crippen LogP contribution in [-0.4, -0.2) is 21.6 Å². The summed E-state index contributed by atoms with van der Waals surface area (Å²) in [5.41, 5.74) is 1.05. The van der Waals surface area contributed by atoms with Crippen molar-refractivity contribution in [2.24, 2.45) is 0 Å². The van der Waals surface area contributed by atoms with Gasteiger partial charge in [-0.25, -0.2) is 15.0 Å². The maximum absolute atomic E-state index is 5.30. The Labute approximate surface area is 104 Å². The van der Waals surface area contributed by atoms with Crippen molar-refractivity contribution in [1.29, 1.82) is 0 Å². The fourth-order valence-electron chi connectivity index (χ4n) is 1.31. The third-order valence-corrected chi connectivity index (χ3v) is 2.99. The molecule has 0 radical (unpaired) electrons. The van der Waals surface area contributed by atoms with Crippen molar-refractivity contribution in [1.82, 2.24) is 15.0 Å². The number of nitrogens with zero attached hydrogens (tertiary/aromatic N) is 3. The van der Waals surface area contributed by atoms with Crippen LogP contribution in [0, 0.1) is 6.92 Å². The van der Waals surface area contributed by atoms with E-state index in [4.69, 9.17) is 4.74 Å². The van der Waals surface area contributed by atoms with Gasteiger partial charge in [0.05, 0.1) is 13.2 Å². The van der Waals surface area contributed by atoms with E-state index >= 15 is 0 Å². The number of hydrogen-bond acceptors (Lipinski definition) is 6. The van der Waals surface area contributed by atoms with Gasteiger partial charge in [-0.3, -0.25) is 0 Å². The molecule has 0 atom stereocenters. The molecule has 0 saturated heterocycles. The Morgan fingerprint density at radius 1 is 1.41 bits per heavy atom. The Kier molecular flexibility index (Phi) is 3.87. The summed E-state index contributed by atoms with van der Waals surface area (Å²) < 4.78 is 5.30. The topological polar surface area (TPSA) is 59.9 Å². The molecule has 0 spiro atoms. The molecule has 0 amide bonds. The molecule has 17 heavy (non-hydrogen) atoms. The second kappa shape index (κ2) is 5.58. The lowest BCUT2D eigenvalue weighted by molar-refractivity contribution is 0.326. The minimum absolute atomic E-state index is 0.584. The van der Waals surface area contributed by atoms with Gasteiger partial charge in [0.1, 0.15) is 17.2 Å². The highest BCUT2D eigenvalue weighted by Crippen LogP contribution is 2.14. The molecule has 2 aromatic heterocycles. The molecule has 1 N–H and O–H groups in total. The summed E-state index contributed by atoms with van der Waals surface area (Å²) in [7, 11) is 0. The molecule has 5 nitrogen and oxygen atoms in total. The van der Waals surface area contributed by atoms with Gasteiger partial charge in [0.25, 0.3) is 0 Å². The highest BCUT2D eigenvalue weighted by atomic mass is 32.1. The lowest BCUT2D eigenvalue weighted by atomic mass is 10.5. The molecule has 2 aromatic rings. The van der Waals surface area contributed by atoms with Gasteiger partial charge >= 0.3 is 0 Å². The number of aromatic nitrogens is 3. The van der Waals surface area contributed by atoms with Crippen LogP contribution in [0.2, 0.25) is 0 Å². The van der Waals surface area contributed by atoms with Gasteiger partial charge in [-0.2, -0.15) is 0 Å². The second-order valence-corrected chi connectivity index (χ2v) is 4.35. The molecule has 0 aliphatic heterocycles. The lowest BCUT2D eigenvalue weighted by Crippen LogP contribution is -2.02. The fraction of sp³-hybridized carbons (Fsp3) is 0.364. The molecule has 0 bridgehead atoms. The molecule has 6 heteroatoms. The van der Waals surface area contributed by atoms with E-state index in [0.29, 0.717) is 19.0 Å². The molecular weight excluding hydrogens is 236 g/mol. The highest BCUT2D eigenvalue weighted by molar-refractivity contribution is 7.09. The highest BCUT2D eigenvalue weighted by Gasteiger charge is 2.01. The Bertz CT molecular complexity index is 486. The summed E-state index contributed by atoms with van der Waals surface area (Å²) in [6.45, 7) is 5.18. The molecule has 0 aromatic carbocycles. The zero-order valence-corrected chi connectivity index (χ0v) is 10.6. The van der Waals surface area contributed by atoms with Gasteiger partial charge in [0.2, 0.25) is 5.88 Å². The Hall–Kier alpha value is -1.69. The van der Waals surface area contributed by atoms with E-state index in [0.717, 1.165) is 16.5 Å². The van der Waals surface area contributed by atoms with Crippen molar-refractivity contribution in [3.63, 3.8) is 0 Å². The molecule has 90 valence electrons. The predicted molar refractivity (Wildman–Crippen MR) is 67.4 cm³/mol. The zero-order valence-electron chi connectivity index (χ0n) is 9.80. The van der Waals surface area contributed by atoms with Crippen LogP contribution in [0.25, 0.3) is 0 Å².